The molecule has 7 heteroatoms. The van der Waals surface area contributed by atoms with Crippen molar-refractivity contribution in [2.75, 3.05) is 6.54 Å². The van der Waals surface area contributed by atoms with Crippen LogP contribution in [-0.2, 0) is 11.2 Å². The lowest BCUT2D eigenvalue weighted by Gasteiger charge is -2.12. The highest BCUT2D eigenvalue weighted by Crippen LogP contribution is 2.25. The molecule has 3 rings (SSSR count). The molecule has 3 aromatic rings. The standard InChI is InChI=1S/C21H22N6O/c1-15(5-10-20(28)23-12-11-22)13-16-3-2-4-19(14-16)17-6-8-18(9-7-17)21-24-26-27-25-21/h2-4,6-9,14-15H,5,10,12-13H2,1H3,(H,23,28)(H,24,25,26,27). The molecule has 0 bridgehead atoms. The summed E-state index contributed by atoms with van der Waals surface area (Å²) in [5.41, 5.74) is 4.43. The molecule has 0 aliphatic rings. The minimum absolute atomic E-state index is 0.0659. The van der Waals surface area contributed by atoms with Crippen molar-refractivity contribution in [2.45, 2.75) is 26.2 Å². The lowest BCUT2D eigenvalue weighted by Crippen LogP contribution is -2.23. The smallest absolute Gasteiger partial charge is 0.220 e. The number of hydrogen-bond donors (Lipinski definition) is 2. The fourth-order valence-electron chi connectivity index (χ4n) is 3.08. The Bertz CT molecular complexity index is 944. The van der Waals surface area contributed by atoms with Crippen molar-refractivity contribution in [1.29, 1.82) is 5.26 Å². The first-order chi connectivity index (χ1) is 13.7. The van der Waals surface area contributed by atoms with Gasteiger partial charge in [0.2, 0.25) is 11.7 Å². The van der Waals surface area contributed by atoms with Crippen molar-refractivity contribution in [1.82, 2.24) is 25.9 Å². The van der Waals surface area contributed by atoms with Gasteiger partial charge in [0.05, 0.1) is 6.07 Å². The molecule has 1 unspecified atom stereocenters. The van der Waals surface area contributed by atoms with E-state index in [0.717, 1.165) is 29.5 Å². The monoisotopic (exact) mass is 374 g/mol. The summed E-state index contributed by atoms with van der Waals surface area (Å²) in [5, 5.41) is 25.1. The second-order valence-electron chi connectivity index (χ2n) is 6.80. The summed E-state index contributed by atoms with van der Waals surface area (Å²) in [6.07, 6.45) is 2.14. The Morgan fingerprint density at radius 2 is 1.96 bits per heavy atom. The number of rotatable bonds is 8. The van der Waals surface area contributed by atoms with E-state index in [4.69, 9.17) is 5.26 Å². The Morgan fingerprint density at radius 1 is 1.18 bits per heavy atom. The maximum atomic E-state index is 11.6. The second-order valence-corrected chi connectivity index (χ2v) is 6.80. The van der Waals surface area contributed by atoms with Crippen molar-refractivity contribution in [3.63, 3.8) is 0 Å². The van der Waals surface area contributed by atoms with Crippen LogP contribution in [0.2, 0.25) is 0 Å². The van der Waals surface area contributed by atoms with Crippen LogP contribution in [0.25, 0.3) is 22.5 Å². The van der Waals surface area contributed by atoms with Gasteiger partial charge in [0, 0.05) is 12.0 Å². The van der Waals surface area contributed by atoms with Gasteiger partial charge in [-0.25, -0.2) is 0 Å². The number of H-pyrrole nitrogens is 1. The molecule has 1 amide bonds. The topological polar surface area (TPSA) is 107 Å². The lowest BCUT2D eigenvalue weighted by atomic mass is 9.94. The fourth-order valence-corrected chi connectivity index (χ4v) is 3.08. The molecule has 1 atom stereocenters. The van der Waals surface area contributed by atoms with E-state index in [1.807, 2.05) is 30.3 Å². The van der Waals surface area contributed by atoms with Crippen molar-refractivity contribution < 1.29 is 4.79 Å². The van der Waals surface area contributed by atoms with Crippen LogP contribution in [0.1, 0.15) is 25.3 Å². The van der Waals surface area contributed by atoms with Gasteiger partial charge in [-0.15, -0.1) is 10.2 Å². The average Bonchev–Trinajstić information content (AvgIpc) is 3.26. The Hall–Kier alpha value is -3.53. The van der Waals surface area contributed by atoms with E-state index in [1.54, 1.807) is 0 Å². The van der Waals surface area contributed by atoms with Crippen molar-refractivity contribution in [3.8, 4) is 28.6 Å². The summed E-state index contributed by atoms with van der Waals surface area (Å²) < 4.78 is 0. The third-order valence-corrected chi connectivity index (χ3v) is 4.56. The lowest BCUT2D eigenvalue weighted by molar-refractivity contribution is -0.121. The van der Waals surface area contributed by atoms with Gasteiger partial charge in [0.25, 0.3) is 0 Å². The SMILES string of the molecule is CC(CCC(=O)NCC#N)Cc1cccc(-c2ccc(-c3nn[nH]n3)cc2)c1. The normalized spacial score (nSPS) is 11.6. The van der Waals surface area contributed by atoms with Crippen LogP contribution in [0, 0.1) is 17.2 Å². The number of hydrogen-bond acceptors (Lipinski definition) is 5. The summed E-state index contributed by atoms with van der Waals surface area (Å²) in [6.45, 7) is 2.21. The van der Waals surface area contributed by atoms with Gasteiger partial charge < -0.3 is 5.32 Å². The van der Waals surface area contributed by atoms with Crippen LogP contribution in [0.15, 0.2) is 48.5 Å². The van der Waals surface area contributed by atoms with Crippen LogP contribution in [0.4, 0.5) is 0 Å². The molecule has 28 heavy (non-hydrogen) atoms. The summed E-state index contributed by atoms with van der Waals surface area (Å²) in [6, 6.07) is 18.4. The summed E-state index contributed by atoms with van der Waals surface area (Å²) in [7, 11) is 0. The second kappa shape index (κ2) is 9.42. The highest BCUT2D eigenvalue weighted by molar-refractivity contribution is 5.76. The van der Waals surface area contributed by atoms with Gasteiger partial charge in [0.1, 0.15) is 6.54 Å². The highest BCUT2D eigenvalue weighted by Gasteiger charge is 2.09. The van der Waals surface area contributed by atoms with E-state index in [0.29, 0.717) is 18.2 Å². The Morgan fingerprint density at radius 3 is 2.68 bits per heavy atom. The number of carbonyl (C=O) groups excluding carboxylic acids is 1. The first-order valence-electron chi connectivity index (χ1n) is 9.22. The zero-order valence-electron chi connectivity index (χ0n) is 15.7. The molecular weight excluding hydrogens is 352 g/mol. The number of tetrazole rings is 1. The molecule has 1 aromatic heterocycles. The first-order valence-corrected chi connectivity index (χ1v) is 9.22. The molecular formula is C21H22N6O. The van der Waals surface area contributed by atoms with E-state index in [9.17, 15) is 4.79 Å². The van der Waals surface area contributed by atoms with E-state index in [1.165, 1.54) is 5.56 Å². The third kappa shape index (κ3) is 5.24. The van der Waals surface area contributed by atoms with E-state index in [2.05, 4.69) is 57.1 Å². The minimum Gasteiger partial charge on any atom is -0.343 e. The fraction of sp³-hybridized carbons (Fsp3) is 0.286. The number of aromatic amines is 1. The molecule has 0 saturated heterocycles. The summed E-state index contributed by atoms with van der Waals surface area (Å²) in [4.78, 5) is 11.6. The van der Waals surface area contributed by atoms with Gasteiger partial charge in [-0.05, 0) is 40.7 Å². The third-order valence-electron chi connectivity index (χ3n) is 4.56. The minimum atomic E-state index is -0.0659. The van der Waals surface area contributed by atoms with Gasteiger partial charge in [-0.3, -0.25) is 4.79 Å². The molecule has 0 radical (unpaired) electrons. The number of amides is 1. The molecule has 0 aliphatic heterocycles. The number of benzene rings is 2. The van der Waals surface area contributed by atoms with Crippen LogP contribution < -0.4 is 5.32 Å². The van der Waals surface area contributed by atoms with Gasteiger partial charge >= 0.3 is 0 Å². The number of nitrogens with one attached hydrogen (secondary N) is 2. The molecule has 0 fully saturated rings. The number of nitriles is 1. The van der Waals surface area contributed by atoms with Crippen molar-refractivity contribution >= 4 is 5.91 Å². The maximum Gasteiger partial charge on any atom is 0.220 e. The highest BCUT2D eigenvalue weighted by atomic mass is 16.1. The maximum absolute atomic E-state index is 11.6. The predicted octanol–water partition coefficient (Wildman–Crippen LogP) is 3.13. The van der Waals surface area contributed by atoms with E-state index >= 15 is 0 Å². The Labute approximate surface area is 163 Å². The molecule has 7 nitrogen and oxygen atoms in total. The van der Waals surface area contributed by atoms with Gasteiger partial charge in [-0.2, -0.15) is 10.5 Å². The molecule has 0 saturated carbocycles. The van der Waals surface area contributed by atoms with Crippen LogP contribution in [0.3, 0.4) is 0 Å². The number of aromatic nitrogens is 4. The zero-order chi connectivity index (χ0) is 19.8. The first kappa shape index (κ1) is 19.2. The predicted molar refractivity (Wildman–Crippen MR) is 106 cm³/mol. The number of nitrogens with zero attached hydrogens (tertiary/aromatic N) is 4. The van der Waals surface area contributed by atoms with Gasteiger partial charge in [-0.1, -0.05) is 55.5 Å². The number of carbonyl (C=O) groups is 1. The average molecular weight is 374 g/mol. The van der Waals surface area contributed by atoms with Crippen molar-refractivity contribution in [3.05, 3.63) is 54.1 Å². The van der Waals surface area contributed by atoms with Crippen LogP contribution in [0.5, 0.6) is 0 Å². The quantitative estimate of drug-likeness (QED) is 0.589. The van der Waals surface area contributed by atoms with Gasteiger partial charge in [0.15, 0.2) is 0 Å². The molecule has 2 aromatic carbocycles. The molecule has 1 heterocycles. The van der Waals surface area contributed by atoms with Crippen LogP contribution in [-0.4, -0.2) is 33.1 Å². The molecule has 142 valence electrons. The zero-order valence-corrected chi connectivity index (χ0v) is 15.7. The van der Waals surface area contributed by atoms with Crippen molar-refractivity contribution in [2.24, 2.45) is 5.92 Å². The van der Waals surface area contributed by atoms with E-state index < -0.39 is 0 Å². The molecule has 2 N–H and O–H groups in total. The van der Waals surface area contributed by atoms with E-state index in [-0.39, 0.29) is 12.5 Å². The summed E-state index contributed by atoms with van der Waals surface area (Å²) >= 11 is 0. The molecule has 0 aliphatic carbocycles. The Kier molecular flexibility index (Phi) is 6.47. The molecule has 0 spiro atoms. The summed E-state index contributed by atoms with van der Waals surface area (Å²) in [5.74, 6) is 0.889. The largest absolute Gasteiger partial charge is 0.343 e. The van der Waals surface area contributed by atoms with Crippen LogP contribution >= 0.6 is 0 Å². The Balaban J connectivity index is 1.61.